The Kier molecular flexibility index (Phi) is 4.64. The Hall–Kier alpha value is -4.07. The highest BCUT2D eigenvalue weighted by atomic mass is 16.5. The number of rotatable bonds is 5. The number of hydrogen-bond donors (Lipinski definition) is 1. The number of fused-ring (bicyclic) bond motifs is 3. The maximum absolute atomic E-state index is 11.5. The number of benzene rings is 2. The third kappa shape index (κ3) is 3.44. The zero-order valence-electron chi connectivity index (χ0n) is 17.8. The number of pyridine rings is 1. The van der Waals surface area contributed by atoms with Gasteiger partial charge in [-0.05, 0) is 36.2 Å². The van der Waals surface area contributed by atoms with Gasteiger partial charge in [-0.15, -0.1) is 0 Å². The zero-order chi connectivity index (χ0) is 22.4. The molecule has 0 saturated carbocycles. The minimum absolute atomic E-state index is 0.0275. The van der Waals surface area contributed by atoms with Gasteiger partial charge in [0.2, 0.25) is 0 Å². The van der Waals surface area contributed by atoms with Gasteiger partial charge in [-0.2, -0.15) is 4.98 Å². The van der Waals surface area contributed by atoms with E-state index in [1.165, 1.54) is 4.90 Å². The molecule has 3 fully saturated rings. The summed E-state index contributed by atoms with van der Waals surface area (Å²) in [6.07, 6.45) is 1.77. The van der Waals surface area contributed by atoms with Crippen LogP contribution in [0.2, 0.25) is 0 Å². The van der Waals surface area contributed by atoms with Gasteiger partial charge in [-0.3, -0.25) is 9.88 Å². The lowest BCUT2D eigenvalue weighted by atomic mass is 9.88. The molecule has 1 amide bonds. The van der Waals surface area contributed by atoms with Crippen molar-refractivity contribution in [2.75, 3.05) is 18.0 Å². The van der Waals surface area contributed by atoms with Crippen LogP contribution in [0.3, 0.4) is 0 Å². The summed E-state index contributed by atoms with van der Waals surface area (Å²) in [6.45, 7) is 1.55. The molecule has 2 atom stereocenters. The monoisotopic (exact) mass is 442 g/mol. The van der Waals surface area contributed by atoms with Crippen molar-refractivity contribution in [3.05, 3.63) is 72.4 Å². The Bertz CT molecular complexity index is 1300. The van der Waals surface area contributed by atoms with Crippen LogP contribution in [0, 0.1) is 0 Å². The van der Waals surface area contributed by atoms with Crippen LogP contribution in [-0.2, 0) is 6.61 Å². The van der Waals surface area contributed by atoms with Crippen molar-refractivity contribution in [1.82, 2.24) is 14.9 Å². The van der Waals surface area contributed by atoms with E-state index in [-0.39, 0.29) is 12.1 Å². The summed E-state index contributed by atoms with van der Waals surface area (Å²) in [4.78, 5) is 24.3. The van der Waals surface area contributed by atoms with Gasteiger partial charge in [0.1, 0.15) is 12.4 Å². The summed E-state index contributed by atoms with van der Waals surface area (Å²) in [5.41, 5.74) is 3.94. The maximum Gasteiger partial charge on any atom is 0.407 e. The molecule has 3 aliphatic rings. The normalized spacial score (nSPS) is 19.4. The average molecular weight is 442 g/mol. The van der Waals surface area contributed by atoms with Gasteiger partial charge in [0.25, 0.3) is 6.01 Å². The molecule has 2 unspecified atom stereocenters. The average Bonchev–Trinajstić information content (AvgIpc) is 3.29. The predicted molar refractivity (Wildman–Crippen MR) is 122 cm³/mol. The summed E-state index contributed by atoms with van der Waals surface area (Å²) >= 11 is 0. The van der Waals surface area contributed by atoms with E-state index in [2.05, 4.69) is 4.98 Å². The Balaban J connectivity index is 1.36. The van der Waals surface area contributed by atoms with E-state index in [1.807, 2.05) is 65.6 Å². The van der Waals surface area contributed by atoms with Crippen molar-refractivity contribution < 1.29 is 19.1 Å². The second-order valence-electron chi connectivity index (χ2n) is 8.41. The van der Waals surface area contributed by atoms with E-state index < -0.39 is 6.09 Å². The molecule has 8 heteroatoms. The zero-order valence-corrected chi connectivity index (χ0v) is 17.8. The van der Waals surface area contributed by atoms with Crippen LogP contribution in [-0.4, -0.2) is 51.2 Å². The van der Waals surface area contributed by atoms with Crippen LogP contribution in [0.5, 0.6) is 5.75 Å². The molecule has 0 spiro atoms. The van der Waals surface area contributed by atoms with E-state index in [0.29, 0.717) is 42.6 Å². The molecule has 2 bridgehead atoms. The molecule has 3 aliphatic heterocycles. The molecule has 2 aromatic heterocycles. The molecular formula is C25H22N4O4. The second kappa shape index (κ2) is 7.81. The van der Waals surface area contributed by atoms with E-state index in [1.54, 1.807) is 6.20 Å². The Morgan fingerprint density at radius 2 is 1.85 bits per heavy atom. The van der Waals surface area contributed by atoms with Crippen LogP contribution in [0.4, 0.5) is 10.8 Å². The number of ether oxygens (including phenoxy) is 1. The van der Waals surface area contributed by atoms with Crippen LogP contribution >= 0.6 is 0 Å². The third-order valence-corrected chi connectivity index (χ3v) is 6.36. The summed E-state index contributed by atoms with van der Waals surface area (Å²) in [6, 6.07) is 20.0. The molecule has 33 heavy (non-hydrogen) atoms. The van der Waals surface area contributed by atoms with Gasteiger partial charge in [0.15, 0.2) is 11.1 Å². The molecule has 8 nitrogen and oxygen atoms in total. The molecular weight excluding hydrogens is 420 g/mol. The molecule has 2 aromatic carbocycles. The van der Waals surface area contributed by atoms with Crippen molar-refractivity contribution in [2.45, 2.75) is 25.1 Å². The van der Waals surface area contributed by atoms with Crippen LogP contribution in [0.25, 0.3) is 22.4 Å². The highest BCUT2D eigenvalue weighted by molar-refractivity contribution is 5.94. The standard InChI is InChI=1S/C25H22N4O4/c30-25(31)29-17-12-18(29)14-28(13-17)24-27-22-21(32-15-16-6-2-1-3-7-16)10-9-19(23(22)33-24)20-8-4-5-11-26-20/h1-11,17-18H,12-15H2,(H,30,31). The molecule has 166 valence electrons. The summed E-state index contributed by atoms with van der Waals surface area (Å²) in [7, 11) is 0. The van der Waals surface area contributed by atoms with Gasteiger partial charge in [-0.1, -0.05) is 36.4 Å². The third-order valence-electron chi connectivity index (χ3n) is 6.36. The molecule has 5 heterocycles. The lowest BCUT2D eigenvalue weighted by Crippen LogP contribution is -2.70. The van der Waals surface area contributed by atoms with Crippen molar-refractivity contribution >= 4 is 23.2 Å². The Labute approximate surface area is 190 Å². The molecule has 7 rings (SSSR count). The van der Waals surface area contributed by atoms with E-state index in [4.69, 9.17) is 14.1 Å². The van der Waals surface area contributed by atoms with Gasteiger partial charge in [0, 0.05) is 24.8 Å². The topological polar surface area (TPSA) is 91.9 Å². The number of piperazine rings is 1. The number of aromatic nitrogens is 2. The maximum atomic E-state index is 11.5. The van der Waals surface area contributed by atoms with E-state index in [9.17, 15) is 9.90 Å². The first-order chi connectivity index (χ1) is 16.2. The summed E-state index contributed by atoms with van der Waals surface area (Å²) < 4.78 is 12.4. The number of piperidine rings is 1. The number of hydrogen-bond acceptors (Lipinski definition) is 6. The molecule has 0 aliphatic carbocycles. The Morgan fingerprint density at radius 3 is 2.58 bits per heavy atom. The largest absolute Gasteiger partial charge is 0.486 e. The lowest BCUT2D eigenvalue weighted by molar-refractivity contribution is 0.0101. The van der Waals surface area contributed by atoms with Gasteiger partial charge in [-0.25, -0.2) is 4.79 Å². The highest BCUT2D eigenvalue weighted by Gasteiger charge is 2.48. The predicted octanol–water partition coefficient (Wildman–Crippen LogP) is 4.41. The quantitative estimate of drug-likeness (QED) is 0.489. The van der Waals surface area contributed by atoms with E-state index >= 15 is 0 Å². The Morgan fingerprint density at radius 1 is 1.06 bits per heavy atom. The fourth-order valence-corrected chi connectivity index (χ4v) is 4.76. The summed E-state index contributed by atoms with van der Waals surface area (Å²) in [5, 5.41) is 9.41. The second-order valence-corrected chi connectivity index (χ2v) is 8.41. The van der Waals surface area contributed by atoms with Crippen LogP contribution in [0.15, 0.2) is 71.3 Å². The van der Waals surface area contributed by atoms with Crippen molar-refractivity contribution in [2.24, 2.45) is 0 Å². The smallest absolute Gasteiger partial charge is 0.407 e. The van der Waals surface area contributed by atoms with Gasteiger partial charge >= 0.3 is 6.09 Å². The number of carboxylic acid groups (broad SMARTS) is 1. The highest BCUT2D eigenvalue weighted by Crippen LogP contribution is 2.39. The van der Waals surface area contributed by atoms with Gasteiger partial charge in [0.05, 0.1) is 17.8 Å². The SMILES string of the molecule is O=C(O)N1C2CC1CN(c1nc3c(OCc4ccccc4)ccc(-c4ccccn4)c3o1)C2. The first-order valence-electron chi connectivity index (χ1n) is 11.0. The van der Waals surface area contributed by atoms with Crippen molar-refractivity contribution in [3.8, 4) is 17.0 Å². The molecule has 3 saturated heterocycles. The molecule has 4 aromatic rings. The number of oxazole rings is 1. The molecule has 0 radical (unpaired) electrons. The van der Waals surface area contributed by atoms with Crippen molar-refractivity contribution in [3.63, 3.8) is 0 Å². The fourth-order valence-electron chi connectivity index (χ4n) is 4.76. The number of anilines is 1. The van der Waals surface area contributed by atoms with Crippen LogP contribution in [0.1, 0.15) is 12.0 Å². The van der Waals surface area contributed by atoms with Crippen LogP contribution < -0.4 is 9.64 Å². The van der Waals surface area contributed by atoms with Gasteiger partial charge < -0.3 is 19.2 Å². The number of amides is 1. The van der Waals surface area contributed by atoms with E-state index in [0.717, 1.165) is 23.2 Å². The lowest BCUT2D eigenvalue weighted by Gasteiger charge is -2.54. The first-order valence-corrected chi connectivity index (χ1v) is 11.0. The minimum atomic E-state index is -0.859. The van der Waals surface area contributed by atoms with Crippen molar-refractivity contribution in [1.29, 1.82) is 0 Å². The number of nitrogens with zero attached hydrogens (tertiary/aromatic N) is 4. The minimum Gasteiger partial charge on any atom is -0.486 e. The molecule has 1 N–H and O–H groups in total. The first kappa shape index (κ1) is 19.6. The fraction of sp³-hybridized carbons (Fsp3) is 0.240. The number of carbonyl (C=O) groups is 1. The summed E-state index contributed by atoms with van der Waals surface area (Å²) in [5.74, 6) is 0.637.